The number of nitrogens with one attached hydrogen (secondary N) is 1. The molecule has 2 heterocycles. The van der Waals surface area contributed by atoms with Crippen molar-refractivity contribution in [3.8, 4) is 0 Å². The summed E-state index contributed by atoms with van der Waals surface area (Å²) < 4.78 is 5.15. The van der Waals surface area contributed by atoms with Gasteiger partial charge in [-0.1, -0.05) is 19.9 Å². The highest BCUT2D eigenvalue weighted by Gasteiger charge is 2.12. The second-order valence-electron chi connectivity index (χ2n) is 4.77. The van der Waals surface area contributed by atoms with Crippen LogP contribution in [0.2, 0.25) is 0 Å². The monoisotopic (exact) mass is 259 g/mol. The van der Waals surface area contributed by atoms with Crippen LogP contribution in [0.1, 0.15) is 35.7 Å². The van der Waals surface area contributed by atoms with Gasteiger partial charge in [0, 0.05) is 11.9 Å². The van der Waals surface area contributed by atoms with Gasteiger partial charge in [-0.2, -0.15) is 5.10 Å². The molecule has 0 radical (unpaired) electrons. The van der Waals surface area contributed by atoms with Gasteiger partial charge in [0.1, 0.15) is 6.61 Å². The average molecular weight is 259 g/mol. The predicted molar refractivity (Wildman–Crippen MR) is 70.5 cm³/mol. The third-order valence-electron chi connectivity index (χ3n) is 2.55. The molecule has 0 atom stereocenters. The number of esters is 1. The summed E-state index contributed by atoms with van der Waals surface area (Å²) in [7, 11) is 0. The van der Waals surface area contributed by atoms with Gasteiger partial charge in [-0.15, -0.1) is 0 Å². The average Bonchev–Trinajstić information content (AvgIpc) is 2.85. The van der Waals surface area contributed by atoms with Crippen LogP contribution in [0.5, 0.6) is 0 Å². The maximum Gasteiger partial charge on any atom is 0.359 e. The Morgan fingerprint density at radius 3 is 2.95 bits per heavy atom. The first-order chi connectivity index (χ1) is 9.15. The summed E-state index contributed by atoms with van der Waals surface area (Å²) in [6.07, 6.45) is 2.53. The number of hydrogen-bond donors (Lipinski definition) is 1. The van der Waals surface area contributed by atoms with Gasteiger partial charge in [0.2, 0.25) is 0 Å². The molecule has 0 amide bonds. The Labute approximate surface area is 112 Å². The van der Waals surface area contributed by atoms with Gasteiger partial charge in [0.25, 0.3) is 0 Å². The fourth-order valence-corrected chi connectivity index (χ4v) is 1.71. The Hall–Kier alpha value is -2.17. The maximum atomic E-state index is 11.8. The first-order valence-corrected chi connectivity index (χ1v) is 6.26. The number of H-pyrrole nitrogens is 1. The molecule has 0 aromatic carbocycles. The van der Waals surface area contributed by atoms with E-state index in [-0.39, 0.29) is 6.61 Å². The highest BCUT2D eigenvalue weighted by Crippen LogP contribution is 2.08. The largest absolute Gasteiger partial charge is 0.454 e. The smallest absolute Gasteiger partial charge is 0.359 e. The van der Waals surface area contributed by atoms with Crippen LogP contribution in [0, 0.1) is 5.92 Å². The summed E-state index contributed by atoms with van der Waals surface area (Å²) >= 11 is 0. The molecule has 0 fully saturated rings. The van der Waals surface area contributed by atoms with Crippen molar-refractivity contribution >= 4 is 5.97 Å². The van der Waals surface area contributed by atoms with Crippen molar-refractivity contribution in [2.24, 2.45) is 5.92 Å². The predicted octanol–water partition coefficient (Wildman–Crippen LogP) is 2.36. The van der Waals surface area contributed by atoms with Gasteiger partial charge in [0.05, 0.1) is 5.69 Å². The lowest BCUT2D eigenvalue weighted by atomic mass is 10.1. The summed E-state index contributed by atoms with van der Waals surface area (Å²) in [5.74, 6) is 0.0785. The Bertz CT molecular complexity index is 535. The minimum atomic E-state index is -0.433. The van der Waals surface area contributed by atoms with Crippen molar-refractivity contribution in [2.75, 3.05) is 0 Å². The molecule has 19 heavy (non-hydrogen) atoms. The van der Waals surface area contributed by atoms with Crippen LogP contribution in [0.15, 0.2) is 30.5 Å². The molecule has 100 valence electrons. The number of pyridine rings is 1. The van der Waals surface area contributed by atoms with Crippen LogP contribution in [0.25, 0.3) is 0 Å². The number of aromatic nitrogens is 3. The van der Waals surface area contributed by atoms with E-state index in [0.717, 1.165) is 12.1 Å². The highest BCUT2D eigenvalue weighted by molar-refractivity contribution is 5.87. The van der Waals surface area contributed by atoms with E-state index in [2.05, 4.69) is 29.0 Å². The second kappa shape index (κ2) is 6.13. The van der Waals surface area contributed by atoms with Gasteiger partial charge in [0.15, 0.2) is 5.69 Å². The molecular weight excluding hydrogens is 242 g/mol. The zero-order valence-corrected chi connectivity index (χ0v) is 11.1. The lowest BCUT2D eigenvalue weighted by molar-refractivity contribution is 0.0460. The van der Waals surface area contributed by atoms with E-state index >= 15 is 0 Å². The number of carbonyl (C=O) groups is 1. The van der Waals surface area contributed by atoms with Crippen LogP contribution >= 0.6 is 0 Å². The third-order valence-corrected chi connectivity index (χ3v) is 2.55. The Morgan fingerprint density at radius 1 is 1.42 bits per heavy atom. The van der Waals surface area contributed by atoms with Crippen molar-refractivity contribution in [1.29, 1.82) is 0 Å². The molecule has 0 spiro atoms. The van der Waals surface area contributed by atoms with E-state index in [9.17, 15) is 4.79 Å². The Kier molecular flexibility index (Phi) is 4.28. The Balaban J connectivity index is 1.91. The van der Waals surface area contributed by atoms with E-state index in [4.69, 9.17) is 4.74 Å². The van der Waals surface area contributed by atoms with Gasteiger partial charge >= 0.3 is 5.97 Å². The molecule has 2 rings (SSSR count). The van der Waals surface area contributed by atoms with E-state index < -0.39 is 5.97 Å². The van der Waals surface area contributed by atoms with Gasteiger partial charge < -0.3 is 4.74 Å². The number of ether oxygens (including phenoxy) is 1. The molecule has 0 bridgehead atoms. The highest BCUT2D eigenvalue weighted by atomic mass is 16.5. The van der Waals surface area contributed by atoms with E-state index in [1.165, 1.54) is 0 Å². The van der Waals surface area contributed by atoms with Crippen LogP contribution in [0.4, 0.5) is 0 Å². The number of rotatable bonds is 5. The van der Waals surface area contributed by atoms with Crippen LogP contribution in [-0.4, -0.2) is 21.2 Å². The van der Waals surface area contributed by atoms with Crippen molar-refractivity contribution in [2.45, 2.75) is 26.9 Å². The van der Waals surface area contributed by atoms with E-state index in [1.807, 2.05) is 18.2 Å². The molecule has 2 aromatic heterocycles. The summed E-state index contributed by atoms with van der Waals surface area (Å²) in [5.41, 5.74) is 1.97. The lowest BCUT2D eigenvalue weighted by Gasteiger charge is -2.01. The van der Waals surface area contributed by atoms with E-state index in [0.29, 0.717) is 17.3 Å². The second-order valence-corrected chi connectivity index (χ2v) is 4.77. The van der Waals surface area contributed by atoms with Crippen molar-refractivity contribution < 1.29 is 9.53 Å². The fourth-order valence-electron chi connectivity index (χ4n) is 1.71. The molecule has 0 aliphatic heterocycles. The first-order valence-electron chi connectivity index (χ1n) is 6.26. The lowest BCUT2D eigenvalue weighted by Crippen LogP contribution is -2.06. The molecule has 5 heteroatoms. The van der Waals surface area contributed by atoms with Crippen molar-refractivity contribution in [1.82, 2.24) is 15.2 Å². The number of carbonyl (C=O) groups excluding carboxylic acids is 1. The fraction of sp³-hybridized carbons (Fsp3) is 0.357. The quantitative estimate of drug-likeness (QED) is 0.837. The Morgan fingerprint density at radius 2 is 2.26 bits per heavy atom. The zero-order chi connectivity index (χ0) is 13.7. The molecule has 1 N–H and O–H groups in total. The zero-order valence-electron chi connectivity index (χ0n) is 11.1. The minimum Gasteiger partial charge on any atom is -0.454 e. The minimum absolute atomic E-state index is 0.159. The SMILES string of the molecule is CC(C)Cc1cc(C(=O)OCc2ccccn2)n[nH]1. The first kappa shape index (κ1) is 13.3. The molecule has 0 aliphatic rings. The topological polar surface area (TPSA) is 67.9 Å². The molecule has 0 aliphatic carbocycles. The summed E-state index contributed by atoms with van der Waals surface area (Å²) in [6.45, 7) is 4.38. The van der Waals surface area contributed by atoms with Gasteiger partial charge in [-0.25, -0.2) is 4.79 Å². The summed E-state index contributed by atoms with van der Waals surface area (Å²) in [4.78, 5) is 15.9. The summed E-state index contributed by atoms with van der Waals surface area (Å²) in [5, 5.41) is 6.81. The van der Waals surface area contributed by atoms with Gasteiger partial charge in [-0.05, 0) is 30.5 Å². The van der Waals surface area contributed by atoms with Crippen molar-refractivity contribution in [3.63, 3.8) is 0 Å². The standard InChI is InChI=1S/C14H17N3O2/c1-10(2)7-12-8-13(17-16-12)14(18)19-9-11-5-3-4-6-15-11/h3-6,8,10H,7,9H2,1-2H3,(H,16,17). The molecule has 0 saturated heterocycles. The molecule has 2 aromatic rings. The maximum absolute atomic E-state index is 11.8. The number of nitrogens with zero attached hydrogens (tertiary/aromatic N) is 2. The molecule has 5 nitrogen and oxygen atoms in total. The van der Waals surface area contributed by atoms with Gasteiger partial charge in [-0.3, -0.25) is 10.1 Å². The van der Waals surface area contributed by atoms with Crippen LogP contribution < -0.4 is 0 Å². The number of aromatic amines is 1. The van der Waals surface area contributed by atoms with Crippen molar-refractivity contribution in [3.05, 3.63) is 47.5 Å². The normalized spacial score (nSPS) is 10.7. The van der Waals surface area contributed by atoms with Crippen LogP contribution in [0.3, 0.4) is 0 Å². The summed E-state index contributed by atoms with van der Waals surface area (Å²) in [6, 6.07) is 7.21. The molecular formula is C14H17N3O2. The number of hydrogen-bond acceptors (Lipinski definition) is 4. The molecule has 0 saturated carbocycles. The third kappa shape index (κ3) is 3.91. The van der Waals surface area contributed by atoms with E-state index in [1.54, 1.807) is 12.3 Å². The van der Waals surface area contributed by atoms with Crippen LogP contribution in [-0.2, 0) is 17.8 Å². The molecule has 0 unspecified atom stereocenters.